The topological polar surface area (TPSA) is 63.8 Å². The van der Waals surface area contributed by atoms with Crippen LogP contribution in [0, 0.1) is 0 Å². The molecule has 3 N–H and O–H groups in total. The normalized spacial score (nSPS) is 11.6. The lowest BCUT2D eigenvalue weighted by Gasteiger charge is -2.10. The van der Waals surface area contributed by atoms with Crippen molar-refractivity contribution < 1.29 is 13.2 Å². The Kier molecular flexibility index (Phi) is 5.18. The summed E-state index contributed by atoms with van der Waals surface area (Å²) in [5.41, 5.74) is 4.22. The molecule has 1 aromatic heterocycles. The molecular formula is C11H17F3N4. The Morgan fingerprint density at radius 1 is 1.22 bits per heavy atom. The molecule has 1 heterocycles. The number of nitrogens with two attached hydrogens (primary N) is 1. The maximum atomic E-state index is 12.5. The largest absolute Gasteiger partial charge is 0.433 e. The Labute approximate surface area is 104 Å². The van der Waals surface area contributed by atoms with Gasteiger partial charge in [0, 0.05) is 12.6 Å². The number of halogens is 3. The predicted octanol–water partition coefficient (Wildman–Crippen LogP) is 3.07. The van der Waals surface area contributed by atoms with Gasteiger partial charge in [-0.2, -0.15) is 18.2 Å². The molecule has 4 nitrogen and oxygen atoms in total. The van der Waals surface area contributed by atoms with Crippen LogP contribution in [0.5, 0.6) is 0 Å². The van der Waals surface area contributed by atoms with Gasteiger partial charge < -0.3 is 11.1 Å². The highest BCUT2D eigenvalue weighted by atomic mass is 19.4. The third-order valence-electron chi connectivity index (χ3n) is 2.37. The number of rotatable bonds is 6. The van der Waals surface area contributed by atoms with Crippen LogP contribution < -0.4 is 11.1 Å². The van der Waals surface area contributed by atoms with Crippen molar-refractivity contribution in [3.8, 4) is 0 Å². The summed E-state index contributed by atoms with van der Waals surface area (Å²) in [4.78, 5) is 6.89. The van der Waals surface area contributed by atoms with E-state index < -0.39 is 11.9 Å². The maximum absolute atomic E-state index is 12.5. The summed E-state index contributed by atoms with van der Waals surface area (Å²) in [6.45, 7) is 2.67. The number of hydrogen-bond acceptors (Lipinski definition) is 4. The smallest absolute Gasteiger partial charge is 0.370 e. The number of nitrogen functional groups attached to an aromatic ring is 1. The summed E-state index contributed by atoms with van der Waals surface area (Å²) >= 11 is 0. The van der Waals surface area contributed by atoms with Gasteiger partial charge in [0.1, 0.15) is 5.82 Å². The molecule has 0 radical (unpaired) electrons. The van der Waals surface area contributed by atoms with Gasteiger partial charge in [0.15, 0.2) is 5.69 Å². The van der Waals surface area contributed by atoms with Gasteiger partial charge in [0.2, 0.25) is 5.95 Å². The zero-order chi connectivity index (χ0) is 13.6. The minimum atomic E-state index is -4.50. The first kappa shape index (κ1) is 14.5. The van der Waals surface area contributed by atoms with Crippen molar-refractivity contribution in [2.75, 3.05) is 17.6 Å². The Bertz CT molecular complexity index is 379. The first-order valence-corrected chi connectivity index (χ1v) is 5.89. The monoisotopic (exact) mass is 262 g/mol. The van der Waals surface area contributed by atoms with Crippen LogP contribution in [0.2, 0.25) is 0 Å². The zero-order valence-electron chi connectivity index (χ0n) is 10.2. The molecule has 0 aliphatic carbocycles. The fraction of sp³-hybridized carbons (Fsp3) is 0.636. The number of nitrogens with one attached hydrogen (secondary N) is 1. The SMILES string of the molecule is CCCCCCNc1cc(C(F)(F)F)nc(N)n1. The standard InChI is InChI=1S/C11H17F3N4/c1-2-3-4-5-6-16-9-7-8(11(12,13)14)17-10(15)18-9/h7H,2-6H2,1H3,(H3,15,16,17,18). The predicted molar refractivity (Wildman–Crippen MR) is 64.1 cm³/mol. The van der Waals surface area contributed by atoms with Crippen LogP contribution in [0.1, 0.15) is 38.3 Å². The van der Waals surface area contributed by atoms with Crippen LogP contribution in [-0.2, 0) is 6.18 Å². The van der Waals surface area contributed by atoms with Crippen molar-refractivity contribution in [1.82, 2.24) is 9.97 Å². The van der Waals surface area contributed by atoms with E-state index in [1.54, 1.807) is 0 Å². The van der Waals surface area contributed by atoms with Gasteiger partial charge >= 0.3 is 6.18 Å². The Hall–Kier alpha value is -1.53. The number of nitrogens with zero attached hydrogens (tertiary/aromatic N) is 2. The highest BCUT2D eigenvalue weighted by Crippen LogP contribution is 2.29. The van der Waals surface area contributed by atoms with Crippen LogP contribution in [0.4, 0.5) is 24.9 Å². The number of alkyl halides is 3. The zero-order valence-corrected chi connectivity index (χ0v) is 10.2. The fourth-order valence-electron chi connectivity index (χ4n) is 1.47. The molecule has 0 saturated heterocycles. The highest BCUT2D eigenvalue weighted by Gasteiger charge is 2.33. The van der Waals surface area contributed by atoms with Gasteiger partial charge in [-0.05, 0) is 6.42 Å². The van der Waals surface area contributed by atoms with Gasteiger partial charge in [-0.25, -0.2) is 4.98 Å². The van der Waals surface area contributed by atoms with E-state index in [4.69, 9.17) is 5.73 Å². The molecule has 18 heavy (non-hydrogen) atoms. The third kappa shape index (κ3) is 4.77. The van der Waals surface area contributed by atoms with E-state index in [2.05, 4.69) is 22.2 Å². The minimum absolute atomic E-state index is 0.117. The van der Waals surface area contributed by atoms with Crippen molar-refractivity contribution in [2.45, 2.75) is 38.8 Å². The molecule has 0 unspecified atom stereocenters. The maximum Gasteiger partial charge on any atom is 0.433 e. The van der Waals surface area contributed by atoms with E-state index in [1.807, 2.05) is 0 Å². The molecule has 0 fully saturated rings. The molecule has 0 amide bonds. The van der Waals surface area contributed by atoms with E-state index in [-0.39, 0.29) is 11.8 Å². The number of anilines is 2. The van der Waals surface area contributed by atoms with E-state index >= 15 is 0 Å². The summed E-state index contributed by atoms with van der Waals surface area (Å²) in [5, 5.41) is 2.83. The Morgan fingerprint density at radius 2 is 1.94 bits per heavy atom. The van der Waals surface area contributed by atoms with Crippen molar-refractivity contribution in [1.29, 1.82) is 0 Å². The second-order valence-corrected chi connectivity index (χ2v) is 3.98. The van der Waals surface area contributed by atoms with Crippen molar-refractivity contribution >= 4 is 11.8 Å². The van der Waals surface area contributed by atoms with Crippen molar-refractivity contribution in [3.05, 3.63) is 11.8 Å². The molecule has 0 aliphatic heterocycles. The lowest BCUT2D eigenvalue weighted by Crippen LogP contribution is -2.13. The molecule has 102 valence electrons. The number of hydrogen-bond donors (Lipinski definition) is 2. The molecule has 7 heteroatoms. The molecule has 0 spiro atoms. The van der Waals surface area contributed by atoms with Crippen LogP contribution in [-0.4, -0.2) is 16.5 Å². The minimum Gasteiger partial charge on any atom is -0.370 e. The molecular weight excluding hydrogens is 245 g/mol. The molecule has 0 aliphatic rings. The van der Waals surface area contributed by atoms with Gasteiger partial charge in [-0.15, -0.1) is 0 Å². The number of aromatic nitrogens is 2. The summed E-state index contributed by atoms with van der Waals surface area (Å²) in [5.74, 6) is -0.257. The molecule has 1 rings (SSSR count). The van der Waals surface area contributed by atoms with E-state index in [9.17, 15) is 13.2 Å². The summed E-state index contributed by atoms with van der Waals surface area (Å²) in [6.07, 6.45) is -0.356. The van der Waals surface area contributed by atoms with Crippen LogP contribution in [0.3, 0.4) is 0 Å². The Balaban J connectivity index is 2.58. The second-order valence-electron chi connectivity index (χ2n) is 3.98. The first-order chi connectivity index (χ1) is 8.43. The lowest BCUT2D eigenvalue weighted by atomic mass is 10.2. The average Bonchev–Trinajstić information content (AvgIpc) is 2.27. The fourth-order valence-corrected chi connectivity index (χ4v) is 1.47. The molecule has 0 saturated carbocycles. The highest BCUT2D eigenvalue weighted by molar-refractivity contribution is 5.41. The average molecular weight is 262 g/mol. The van der Waals surface area contributed by atoms with Crippen LogP contribution >= 0.6 is 0 Å². The Morgan fingerprint density at radius 3 is 2.56 bits per heavy atom. The van der Waals surface area contributed by atoms with E-state index in [0.29, 0.717) is 6.54 Å². The van der Waals surface area contributed by atoms with Crippen molar-refractivity contribution in [2.24, 2.45) is 0 Å². The van der Waals surface area contributed by atoms with E-state index in [1.165, 1.54) is 0 Å². The second kappa shape index (κ2) is 6.42. The first-order valence-electron chi connectivity index (χ1n) is 5.89. The summed E-state index contributed by atoms with van der Waals surface area (Å²) < 4.78 is 37.4. The summed E-state index contributed by atoms with van der Waals surface area (Å²) in [7, 11) is 0. The van der Waals surface area contributed by atoms with Gasteiger partial charge in [0.05, 0.1) is 0 Å². The molecule has 0 bridgehead atoms. The summed E-state index contributed by atoms with van der Waals surface area (Å²) in [6, 6.07) is 0.871. The van der Waals surface area contributed by atoms with Crippen molar-refractivity contribution in [3.63, 3.8) is 0 Å². The van der Waals surface area contributed by atoms with E-state index in [0.717, 1.165) is 31.7 Å². The van der Waals surface area contributed by atoms with Crippen LogP contribution in [0.25, 0.3) is 0 Å². The lowest BCUT2D eigenvalue weighted by molar-refractivity contribution is -0.141. The third-order valence-corrected chi connectivity index (χ3v) is 2.37. The quantitative estimate of drug-likeness (QED) is 0.773. The van der Waals surface area contributed by atoms with Gasteiger partial charge in [-0.1, -0.05) is 26.2 Å². The molecule has 0 aromatic carbocycles. The van der Waals surface area contributed by atoms with Gasteiger partial charge in [-0.3, -0.25) is 0 Å². The van der Waals surface area contributed by atoms with Crippen LogP contribution in [0.15, 0.2) is 6.07 Å². The molecule has 1 aromatic rings. The molecule has 0 atom stereocenters. The van der Waals surface area contributed by atoms with Gasteiger partial charge in [0.25, 0.3) is 0 Å². The number of unbranched alkanes of at least 4 members (excludes halogenated alkanes) is 3.